The van der Waals surface area contributed by atoms with E-state index in [0.29, 0.717) is 29.9 Å². The van der Waals surface area contributed by atoms with Crippen molar-refractivity contribution in [1.82, 2.24) is 5.32 Å². The monoisotopic (exact) mass is 265 g/mol. The van der Waals surface area contributed by atoms with Gasteiger partial charge in [0.1, 0.15) is 11.5 Å². The molecule has 0 aliphatic carbocycles. The molecule has 0 saturated heterocycles. The van der Waals surface area contributed by atoms with Crippen molar-refractivity contribution in [2.24, 2.45) is 0 Å². The summed E-state index contributed by atoms with van der Waals surface area (Å²) >= 11 is 0. The summed E-state index contributed by atoms with van der Waals surface area (Å²) in [7, 11) is 1.52. The molecule has 104 valence electrons. The average Bonchev–Trinajstić information content (AvgIpc) is 2.45. The van der Waals surface area contributed by atoms with Gasteiger partial charge in [0.15, 0.2) is 12.9 Å². The maximum atomic E-state index is 11.5. The van der Waals surface area contributed by atoms with Crippen LogP contribution in [0.5, 0.6) is 11.5 Å². The Morgan fingerprint density at radius 2 is 2.21 bits per heavy atom. The van der Waals surface area contributed by atoms with Gasteiger partial charge in [-0.1, -0.05) is 13.3 Å². The highest BCUT2D eigenvalue weighted by Gasteiger charge is 2.07. The molecule has 0 heterocycles. The molecule has 0 aliphatic rings. The first-order valence-corrected chi connectivity index (χ1v) is 6.24. The molecule has 0 radical (unpaired) electrons. The molecule has 0 bridgehead atoms. The van der Waals surface area contributed by atoms with Crippen LogP contribution in [0.2, 0.25) is 0 Å². The van der Waals surface area contributed by atoms with Gasteiger partial charge in [-0.15, -0.1) is 0 Å². The Labute approximate surface area is 112 Å². The van der Waals surface area contributed by atoms with Gasteiger partial charge in [-0.3, -0.25) is 9.59 Å². The molecule has 0 saturated carbocycles. The minimum absolute atomic E-state index is 0.100. The fraction of sp³-hybridized carbons (Fsp3) is 0.429. The molecule has 5 heteroatoms. The largest absolute Gasteiger partial charge is 0.497 e. The number of unbranched alkanes of at least 4 members (excludes halogenated alkanes) is 1. The van der Waals surface area contributed by atoms with E-state index in [0.717, 1.165) is 12.8 Å². The van der Waals surface area contributed by atoms with Crippen LogP contribution in [-0.4, -0.2) is 32.5 Å². The Morgan fingerprint density at radius 3 is 2.84 bits per heavy atom. The molecule has 0 atom stereocenters. The van der Waals surface area contributed by atoms with Crippen LogP contribution in [0.1, 0.15) is 30.1 Å². The smallest absolute Gasteiger partial charge is 0.257 e. The van der Waals surface area contributed by atoms with Gasteiger partial charge in [-0.2, -0.15) is 0 Å². The topological polar surface area (TPSA) is 64.6 Å². The summed E-state index contributed by atoms with van der Waals surface area (Å²) in [5, 5.41) is 2.74. The number of amides is 1. The third-order valence-corrected chi connectivity index (χ3v) is 2.56. The van der Waals surface area contributed by atoms with Gasteiger partial charge in [0.25, 0.3) is 5.91 Å². The third kappa shape index (κ3) is 4.99. The van der Waals surface area contributed by atoms with Crippen LogP contribution in [0.3, 0.4) is 0 Å². The van der Waals surface area contributed by atoms with Crippen molar-refractivity contribution < 1.29 is 19.1 Å². The van der Waals surface area contributed by atoms with Gasteiger partial charge in [0, 0.05) is 6.54 Å². The van der Waals surface area contributed by atoms with Gasteiger partial charge in [-0.05, 0) is 24.6 Å². The van der Waals surface area contributed by atoms with Crippen LogP contribution in [-0.2, 0) is 4.79 Å². The van der Waals surface area contributed by atoms with Gasteiger partial charge >= 0.3 is 0 Å². The van der Waals surface area contributed by atoms with E-state index in [9.17, 15) is 9.59 Å². The molecule has 1 amide bonds. The Bertz CT molecular complexity index is 431. The second kappa shape index (κ2) is 8.13. The van der Waals surface area contributed by atoms with E-state index in [1.54, 1.807) is 18.2 Å². The van der Waals surface area contributed by atoms with Gasteiger partial charge in [-0.25, -0.2) is 0 Å². The molecular formula is C14H19NO4. The van der Waals surface area contributed by atoms with Crippen molar-refractivity contribution in [3.8, 4) is 11.5 Å². The van der Waals surface area contributed by atoms with Crippen molar-refractivity contribution in [3.63, 3.8) is 0 Å². The number of ether oxygens (including phenoxy) is 2. The SMILES string of the molecule is CCCCNC(=O)COc1ccc(OC)cc1C=O. The zero-order valence-corrected chi connectivity index (χ0v) is 11.3. The summed E-state index contributed by atoms with van der Waals surface area (Å²) in [5.41, 5.74) is 0.362. The molecule has 0 aliphatic heterocycles. The standard InChI is InChI=1S/C14H19NO4/c1-3-4-7-15-14(17)10-19-13-6-5-12(18-2)8-11(13)9-16/h5-6,8-9H,3-4,7,10H2,1-2H3,(H,15,17). The number of rotatable bonds is 8. The summed E-state index contributed by atoms with van der Waals surface area (Å²) in [4.78, 5) is 22.4. The number of aldehydes is 1. The van der Waals surface area contributed by atoms with Crippen LogP contribution >= 0.6 is 0 Å². The third-order valence-electron chi connectivity index (χ3n) is 2.56. The first-order valence-electron chi connectivity index (χ1n) is 6.24. The lowest BCUT2D eigenvalue weighted by Gasteiger charge is -2.10. The van der Waals surface area contributed by atoms with Crippen LogP contribution in [0.4, 0.5) is 0 Å². The fourth-order valence-corrected chi connectivity index (χ4v) is 1.48. The van der Waals surface area contributed by atoms with Gasteiger partial charge < -0.3 is 14.8 Å². The summed E-state index contributed by atoms with van der Waals surface area (Å²) in [6.07, 6.45) is 2.63. The lowest BCUT2D eigenvalue weighted by Crippen LogP contribution is -2.29. The Balaban J connectivity index is 2.52. The van der Waals surface area contributed by atoms with Crippen LogP contribution < -0.4 is 14.8 Å². The molecule has 1 aromatic carbocycles. The molecular weight excluding hydrogens is 246 g/mol. The maximum Gasteiger partial charge on any atom is 0.257 e. The van der Waals surface area contributed by atoms with E-state index in [1.807, 2.05) is 0 Å². The number of methoxy groups -OCH3 is 1. The predicted molar refractivity (Wildman–Crippen MR) is 71.8 cm³/mol. The predicted octanol–water partition coefficient (Wildman–Crippen LogP) is 1.80. The van der Waals surface area contributed by atoms with Crippen LogP contribution in [0.25, 0.3) is 0 Å². The van der Waals surface area contributed by atoms with E-state index in [4.69, 9.17) is 9.47 Å². The van der Waals surface area contributed by atoms with E-state index in [-0.39, 0.29) is 12.5 Å². The van der Waals surface area contributed by atoms with Crippen molar-refractivity contribution in [1.29, 1.82) is 0 Å². The number of hydrogen-bond donors (Lipinski definition) is 1. The zero-order chi connectivity index (χ0) is 14.1. The fourth-order valence-electron chi connectivity index (χ4n) is 1.48. The number of carbonyl (C=O) groups excluding carboxylic acids is 2. The normalized spacial score (nSPS) is 9.79. The lowest BCUT2D eigenvalue weighted by atomic mass is 10.2. The lowest BCUT2D eigenvalue weighted by molar-refractivity contribution is -0.123. The van der Waals surface area contributed by atoms with E-state index < -0.39 is 0 Å². The van der Waals surface area contributed by atoms with E-state index in [2.05, 4.69) is 12.2 Å². The van der Waals surface area contributed by atoms with Crippen molar-refractivity contribution in [2.45, 2.75) is 19.8 Å². The maximum absolute atomic E-state index is 11.5. The molecule has 0 fully saturated rings. The quantitative estimate of drug-likeness (QED) is 0.575. The minimum atomic E-state index is -0.193. The number of hydrogen-bond acceptors (Lipinski definition) is 4. The highest BCUT2D eigenvalue weighted by molar-refractivity contribution is 5.81. The number of nitrogens with one attached hydrogen (secondary N) is 1. The molecule has 1 aromatic rings. The van der Waals surface area contributed by atoms with Gasteiger partial charge in [0.05, 0.1) is 12.7 Å². The van der Waals surface area contributed by atoms with Crippen molar-refractivity contribution in [2.75, 3.05) is 20.3 Å². The summed E-state index contributed by atoms with van der Waals surface area (Å²) in [5.74, 6) is 0.754. The Hall–Kier alpha value is -2.04. The second-order valence-electron chi connectivity index (χ2n) is 4.01. The summed E-state index contributed by atoms with van der Waals surface area (Å²) < 4.78 is 10.3. The second-order valence-corrected chi connectivity index (χ2v) is 4.01. The molecule has 5 nitrogen and oxygen atoms in total. The first-order chi connectivity index (χ1) is 9.21. The highest BCUT2D eigenvalue weighted by atomic mass is 16.5. The molecule has 1 rings (SSSR count). The average molecular weight is 265 g/mol. The molecule has 0 unspecified atom stereocenters. The molecule has 0 aromatic heterocycles. The van der Waals surface area contributed by atoms with Crippen molar-refractivity contribution in [3.05, 3.63) is 23.8 Å². The van der Waals surface area contributed by atoms with E-state index >= 15 is 0 Å². The summed E-state index contributed by atoms with van der Waals surface area (Å²) in [6, 6.07) is 4.86. The molecule has 1 N–H and O–H groups in total. The minimum Gasteiger partial charge on any atom is -0.497 e. The number of benzene rings is 1. The first kappa shape index (κ1) is 15.0. The number of carbonyl (C=O) groups is 2. The van der Waals surface area contributed by atoms with Crippen LogP contribution in [0.15, 0.2) is 18.2 Å². The Morgan fingerprint density at radius 1 is 1.42 bits per heavy atom. The molecule has 19 heavy (non-hydrogen) atoms. The van der Waals surface area contributed by atoms with Gasteiger partial charge in [0.2, 0.25) is 0 Å². The molecule has 0 spiro atoms. The van der Waals surface area contributed by atoms with E-state index in [1.165, 1.54) is 7.11 Å². The van der Waals surface area contributed by atoms with Crippen molar-refractivity contribution >= 4 is 12.2 Å². The zero-order valence-electron chi connectivity index (χ0n) is 11.3. The summed E-state index contributed by atoms with van der Waals surface area (Å²) in [6.45, 7) is 2.59. The Kier molecular flexibility index (Phi) is 6.43. The van der Waals surface area contributed by atoms with Crippen LogP contribution in [0, 0.1) is 0 Å². The highest BCUT2D eigenvalue weighted by Crippen LogP contribution is 2.22.